The van der Waals surface area contributed by atoms with Gasteiger partial charge in [-0.2, -0.15) is 0 Å². The van der Waals surface area contributed by atoms with Crippen molar-refractivity contribution in [2.45, 2.75) is 52.0 Å². The fourth-order valence-electron chi connectivity index (χ4n) is 0. The molecule has 0 radical (unpaired) electrons. The van der Waals surface area contributed by atoms with Gasteiger partial charge in [0.2, 0.25) is 0 Å². The average Bonchev–Trinajstić information content (AvgIpc) is 0. The highest BCUT2D eigenvalue weighted by Gasteiger charge is -0.0716. The molecule has 0 rings (SSSR count). The van der Waals surface area contributed by atoms with Gasteiger partial charge in [-0.25, -0.2) is 0 Å². The van der Waals surface area contributed by atoms with Crippen LogP contribution in [0.2, 0.25) is 0 Å². The second-order valence-electron chi connectivity index (χ2n) is 0. The molecule has 0 bridgehead atoms. The molecule has 0 fully saturated rings. The lowest BCUT2D eigenvalue weighted by Gasteiger charge is -0.0786. The maximum absolute atomic E-state index is 0. The summed E-state index contributed by atoms with van der Waals surface area (Å²) in [7, 11) is 0. The minimum Gasteiger partial charge on any atom is -0.0776 e. The van der Waals surface area contributed by atoms with Gasteiger partial charge in [0.05, 0.1) is 0 Å². The van der Waals surface area contributed by atoms with Crippen LogP contribution >= 0.6 is 0 Å². The second-order valence-corrected chi connectivity index (χ2v) is 0. The van der Waals surface area contributed by atoms with E-state index in [9.17, 15) is 0 Å². The molecule has 0 aliphatic rings. The van der Waals surface area contributed by atoms with Gasteiger partial charge >= 0.3 is 0 Å². The monoisotopic (exact) mass is 112 g/mol. The van der Waals surface area contributed by atoms with E-state index < -0.39 is 0 Å². The van der Waals surface area contributed by atoms with E-state index in [1.807, 2.05) is 0 Å². The largest absolute Gasteiger partial charge is 0.0776 e. The lowest BCUT2D eigenvalue weighted by molar-refractivity contribution is 2.50. The van der Waals surface area contributed by atoms with E-state index in [2.05, 4.69) is 0 Å². The van der Waals surface area contributed by atoms with E-state index in [-0.39, 0.29) is 52.0 Å². The molecule has 7 heavy (non-hydrogen) atoms. The summed E-state index contributed by atoms with van der Waals surface area (Å²) >= 11 is 0. The minimum absolute atomic E-state index is 0. The lowest BCUT2D eigenvalue weighted by atomic mass is 12.0. The topological polar surface area (TPSA) is 0 Å². The average molecular weight is 112 g/mol. The predicted octanol–water partition coefficient (Wildman–Crippen LogP) is 4.45. The van der Waals surface area contributed by atoms with Crippen molar-refractivity contribution in [1.29, 1.82) is 0 Å². The molecule has 0 saturated heterocycles. The third-order valence-electron chi connectivity index (χ3n) is 0. The lowest BCUT2D eigenvalue weighted by Crippen LogP contribution is 0.143. The summed E-state index contributed by atoms with van der Waals surface area (Å²) in [5.74, 6) is 0. The molecule has 0 amide bonds. The first-order valence-electron chi connectivity index (χ1n) is 0. The maximum Gasteiger partial charge on any atom is -0.0776 e. The Morgan fingerprint density at radius 3 is 0.143 bits per heavy atom. The first-order valence-corrected chi connectivity index (χ1v) is 0. The summed E-state index contributed by atoms with van der Waals surface area (Å²) in [5, 5.41) is 0. The number of hydrogen-bond donors (Lipinski definition) is 0. The molecule has 0 heterocycles. The minimum atomic E-state index is 0. The number of rotatable bonds is 0. The van der Waals surface area contributed by atoms with E-state index in [0.717, 1.165) is 0 Å². The molecule has 0 unspecified atom stereocenters. The first kappa shape index (κ1) is 0. The van der Waals surface area contributed by atoms with Crippen molar-refractivity contribution < 1.29 is 0 Å². The van der Waals surface area contributed by atoms with Crippen LogP contribution < -0.4 is 0 Å². The van der Waals surface area contributed by atoms with E-state index in [1.165, 1.54) is 0 Å². The van der Waals surface area contributed by atoms with E-state index in [4.69, 9.17) is 0 Å². The Kier molecular flexibility index (Phi) is 0. The van der Waals surface area contributed by atoms with Gasteiger partial charge in [0.1, 0.15) is 0 Å². The van der Waals surface area contributed by atoms with Crippen LogP contribution in [0.1, 0.15) is 52.0 Å². The van der Waals surface area contributed by atoms with Crippen molar-refractivity contribution in [3.05, 3.63) is 0 Å². The highest BCUT2D eigenvalue weighted by molar-refractivity contribution is 2.51. The SMILES string of the molecule is C.C.C.C.C.C.C. The Labute approximate surface area is 53.0 Å². The first-order chi connectivity index (χ1) is 0. The molecule has 0 aromatic carbocycles. The van der Waals surface area contributed by atoms with Gasteiger partial charge in [-0.3, -0.25) is 0 Å². The summed E-state index contributed by atoms with van der Waals surface area (Å²) in [5.41, 5.74) is 0. The Morgan fingerprint density at radius 1 is 0.143 bits per heavy atom. The third kappa shape index (κ3) is 0. The van der Waals surface area contributed by atoms with Crippen molar-refractivity contribution in [3.63, 3.8) is 0 Å². The second kappa shape index (κ2) is 0. The highest BCUT2D eigenvalue weighted by atomic mass is 12.0. The Bertz CT molecular complexity index is 0. The zero-order valence-corrected chi connectivity index (χ0v) is 0. The van der Waals surface area contributed by atoms with Crippen molar-refractivity contribution in [1.82, 2.24) is 0 Å². The van der Waals surface area contributed by atoms with Crippen LogP contribution in [0.5, 0.6) is 0 Å². The smallest absolute Gasteiger partial charge is 0.0776 e. The fourth-order valence-corrected chi connectivity index (χ4v) is 0. The van der Waals surface area contributed by atoms with Gasteiger partial charge in [0.15, 0.2) is 0 Å². The maximum atomic E-state index is 0. The van der Waals surface area contributed by atoms with Crippen LogP contribution in [0, 0.1) is 0 Å². The van der Waals surface area contributed by atoms with Crippen molar-refractivity contribution >= 4 is 0 Å². The molecular formula is C7H28. The molecule has 0 atom stereocenters. The molecule has 0 aromatic heterocycles. The molecule has 56 valence electrons. The van der Waals surface area contributed by atoms with Crippen molar-refractivity contribution in [2.24, 2.45) is 0 Å². The molecule has 0 heteroatoms. The molecule has 0 saturated carbocycles. The molecule has 0 aliphatic carbocycles. The van der Waals surface area contributed by atoms with E-state index in [0.29, 0.717) is 0 Å². The van der Waals surface area contributed by atoms with Crippen LogP contribution in [0.3, 0.4) is 0 Å². The predicted molar refractivity (Wildman–Crippen MR) is 47.1 cm³/mol. The molecular weight excluding hydrogens is 84.1 g/mol. The summed E-state index contributed by atoms with van der Waals surface area (Å²) in [6, 6.07) is 0. The van der Waals surface area contributed by atoms with Crippen molar-refractivity contribution in [2.75, 3.05) is 0 Å². The van der Waals surface area contributed by atoms with Gasteiger partial charge in [0, 0.05) is 0 Å². The van der Waals surface area contributed by atoms with Crippen LogP contribution in [0.25, 0.3) is 0 Å². The Morgan fingerprint density at radius 2 is 0.143 bits per heavy atom. The molecule has 0 aliphatic heterocycles. The quantitative estimate of drug-likeness (QED) is 0.434. The van der Waals surface area contributed by atoms with Gasteiger partial charge in [0.25, 0.3) is 0 Å². The van der Waals surface area contributed by atoms with Gasteiger partial charge in [-0.05, 0) is 0 Å². The van der Waals surface area contributed by atoms with Gasteiger partial charge < -0.3 is 0 Å². The molecule has 0 spiro atoms. The zero-order valence-electron chi connectivity index (χ0n) is 0. The highest BCUT2D eigenvalue weighted by Crippen LogP contribution is 0.150. The van der Waals surface area contributed by atoms with Crippen LogP contribution in [-0.2, 0) is 0 Å². The summed E-state index contributed by atoms with van der Waals surface area (Å²) in [4.78, 5) is 0. The molecule has 0 N–H and O–H groups in total. The fraction of sp³-hybridized carbons (Fsp3) is 1.00. The standard InChI is InChI=1S/7CH4/h7*1H4. The number of hydrogen-bond acceptors (Lipinski definition) is 0. The molecule has 0 aromatic rings. The van der Waals surface area contributed by atoms with Crippen LogP contribution in [-0.4, -0.2) is 0 Å². The molecule has 0 nitrogen and oxygen atoms in total. The normalized spacial score (nSPS) is 0. The summed E-state index contributed by atoms with van der Waals surface area (Å²) < 4.78 is 0. The van der Waals surface area contributed by atoms with Crippen molar-refractivity contribution in [3.8, 4) is 0 Å². The summed E-state index contributed by atoms with van der Waals surface area (Å²) in [6.07, 6.45) is 0. The Hall–Kier alpha value is 0. The van der Waals surface area contributed by atoms with Crippen LogP contribution in [0.15, 0.2) is 0 Å². The van der Waals surface area contributed by atoms with E-state index in [1.54, 1.807) is 0 Å². The summed E-state index contributed by atoms with van der Waals surface area (Å²) in [6.45, 7) is 0. The zero-order chi connectivity index (χ0) is 0. The van der Waals surface area contributed by atoms with E-state index >= 15 is 0 Å². The third-order valence-corrected chi connectivity index (χ3v) is 0. The Balaban J connectivity index is 0. The van der Waals surface area contributed by atoms with Gasteiger partial charge in [-0.15, -0.1) is 0 Å². The van der Waals surface area contributed by atoms with Crippen LogP contribution in [0.4, 0.5) is 0 Å². The van der Waals surface area contributed by atoms with Gasteiger partial charge in [-0.1, -0.05) is 52.0 Å².